The lowest BCUT2D eigenvalue weighted by atomic mass is 9.85. The van der Waals surface area contributed by atoms with E-state index in [0.717, 1.165) is 25.9 Å². The molecule has 2 heterocycles. The Morgan fingerprint density at radius 2 is 1.80 bits per heavy atom. The van der Waals surface area contributed by atoms with Gasteiger partial charge in [0.2, 0.25) is 11.8 Å². The Bertz CT molecular complexity index is 643. The van der Waals surface area contributed by atoms with Crippen LogP contribution in [-0.2, 0) is 15.0 Å². The van der Waals surface area contributed by atoms with Crippen LogP contribution in [0.25, 0.3) is 0 Å². The Morgan fingerprint density at radius 1 is 1.12 bits per heavy atom. The van der Waals surface area contributed by atoms with Crippen molar-refractivity contribution in [2.45, 2.75) is 51.5 Å². The number of benzene rings is 1. The van der Waals surface area contributed by atoms with Crippen molar-refractivity contribution in [3.05, 3.63) is 29.8 Å². The number of amides is 2. The number of hydrogen-bond acceptors (Lipinski definition) is 3. The fourth-order valence-corrected chi connectivity index (χ4v) is 3.76. The maximum atomic E-state index is 12.7. The Labute approximate surface area is 150 Å². The molecule has 2 fully saturated rings. The van der Waals surface area contributed by atoms with Crippen LogP contribution in [0.3, 0.4) is 0 Å². The first-order valence-electron chi connectivity index (χ1n) is 9.29. The fourth-order valence-electron chi connectivity index (χ4n) is 3.76. The van der Waals surface area contributed by atoms with E-state index in [0.29, 0.717) is 19.5 Å². The number of anilines is 1. The quantitative estimate of drug-likeness (QED) is 0.896. The number of hydrogen-bond donors (Lipinski definition) is 1. The van der Waals surface area contributed by atoms with Gasteiger partial charge < -0.3 is 15.1 Å². The van der Waals surface area contributed by atoms with Crippen LogP contribution >= 0.6 is 0 Å². The third kappa shape index (κ3) is 3.97. The molecule has 25 heavy (non-hydrogen) atoms. The second-order valence-corrected chi connectivity index (χ2v) is 8.09. The van der Waals surface area contributed by atoms with Crippen molar-refractivity contribution in [1.29, 1.82) is 0 Å². The predicted octanol–water partition coefficient (Wildman–Crippen LogP) is 2.30. The molecule has 1 unspecified atom stereocenters. The number of nitrogens with one attached hydrogen (secondary N) is 1. The summed E-state index contributed by atoms with van der Waals surface area (Å²) in [6.07, 6.45) is 2.11. The van der Waals surface area contributed by atoms with Gasteiger partial charge >= 0.3 is 0 Å². The lowest BCUT2D eigenvalue weighted by Gasteiger charge is -2.40. The number of carbonyl (C=O) groups excluding carboxylic acids is 2. The molecular weight excluding hydrogens is 314 g/mol. The minimum atomic E-state index is -0.324. The van der Waals surface area contributed by atoms with Gasteiger partial charge in [0.1, 0.15) is 6.04 Å². The van der Waals surface area contributed by atoms with E-state index in [1.807, 2.05) is 4.90 Å². The summed E-state index contributed by atoms with van der Waals surface area (Å²) in [7, 11) is 0. The molecule has 2 aliphatic heterocycles. The number of rotatable bonds is 2. The molecule has 5 nitrogen and oxygen atoms in total. The number of nitrogens with zero attached hydrogens (tertiary/aromatic N) is 2. The molecule has 0 radical (unpaired) electrons. The van der Waals surface area contributed by atoms with Crippen molar-refractivity contribution in [2.75, 3.05) is 31.1 Å². The van der Waals surface area contributed by atoms with E-state index in [9.17, 15) is 9.59 Å². The van der Waals surface area contributed by atoms with Crippen LogP contribution in [0.5, 0.6) is 0 Å². The van der Waals surface area contributed by atoms with Crippen molar-refractivity contribution in [3.8, 4) is 0 Å². The average Bonchev–Trinajstić information content (AvgIpc) is 2.60. The van der Waals surface area contributed by atoms with Crippen molar-refractivity contribution < 1.29 is 9.59 Å². The summed E-state index contributed by atoms with van der Waals surface area (Å²) in [5.74, 6) is 0.0825. The predicted molar refractivity (Wildman–Crippen MR) is 99.7 cm³/mol. The first-order chi connectivity index (χ1) is 11.9. The standard InChI is InChI=1S/C20H29N3O2/c1-20(2,3)15-7-4-5-9-17(15)22-11-13-23(14-12-22)19(25)16-8-6-10-18(24)21-16/h4-5,7,9,16H,6,8,10-14H2,1-3H3,(H,21,24). The maximum Gasteiger partial charge on any atom is 0.245 e. The minimum absolute atomic E-state index is 0.00217. The van der Waals surface area contributed by atoms with Crippen LogP contribution in [0, 0.1) is 0 Å². The lowest BCUT2D eigenvalue weighted by Crippen LogP contribution is -2.56. The van der Waals surface area contributed by atoms with Crippen LogP contribution in [0.1, 0.15) is 45.6 Å². The lowest BCUT2D eigenvalue weighted by molar-refractivity contribution is -0.138. The van der Waals surface area contributed by atoms with E-state index in [4.69, 9.17) is 0 Å². The molecule has 0 saturated carbocycles. The van der Waals surface area contributed by atoms with Crippen LogP contribution in [0.15, 0.2) is 24.3 Å². The number of para-hydroxylation sites is 1. The van der Waals surface area contributed by atoms with Gasteiger partial charge in [0, 0.05) is 38.3 Å². The molecule has 3 rings (SSSR count). The molecule has 136 valence electrons. The van der Waals surface area contributed by atoms with Crippen LogP contribution < -0.4 is 10.2 Å². The highest BCUT2D eigenvalue weighted by molar-refractivity contribution is 5.88. The van der Waals surface area contributed by atoms with E-state index in [1.54, 1.807) is 0 Å². The zero-order chi connectivity index (χ0) is 18.0. The third-order valence-electron chi connectivity index (χ3n) is 5.17. The highest BCUT2D eigenvalue weighted by atomic mass is 16.2. The molecule has 0 spiro atoms. The first kappa shape index (κ1) is 17.8. The largest absolute Gasteiger partial charge is 0.368 e. The summed E-state index contributed by atoms with van der Waals surface area (Å²) < 4.78 is 0. The van der Waals surface area contributed by atoms with Gasteiger partial charge in [0.25, 0.3) is 0 Å². The molecule has 1 aromatic carbocycles. The van der Waals surface area contributed by atoms with Crippen molar-refractivity contribution >= 4 is 17.5 Å². The summed E-state index contributed by atoms with van der Waals surface area (Å²) in [4.78, 5) is 28.5. The Hall–Kier alpha value is -2.04. The minimum Gasteiger partial charge on any atom is -0.368 e. The molecule has 2 aliphatic rings. The topological polar surface area (TPSA) is 52.7 Å². The molecule has 0 bridgehead atoms. The summed E-state index contributed by atoms with van der Waals surface area (Å²) in [6.45, 7) is 9.79. The van der Waals surface area contributed by atoms with Crippen LogP contribution in [0.4, 0.5) is 5.69 Å². The van der Waals surface area contributed by atoms with Crippen LogP contribution in [0.2, 0.25) is 0 Å². The molecule has 5 heteroatoms. The van der Waals surface area contributed by atoms with Gasteiger partial charge in [-0.2, -0.15) is 0 Å². The van der Waals surface area contributed by atoms with E-state index in [-0.39, 0.29) is 23.3 Å². The molecule has 1 aromatic rings. The highest BCUT2D eigenvalue weighted by Crippen LogP contribution is 2.32. The van der Waals surface area contributed by atoms with E-state index in [2.05, 4.69) is 55.3 Å². The molecule has 2 amide bonds. The maximum absolute atomic E-state index is 12.7. The highest BCUT2D eigenvalue weighted by Gasteiger charge is 2.31. The van der Waals surface area contributed by atoms with Gasteiger partial charge in [0.05, 0.1) is 0 Å². The Balaban J connectivity index is 1.65. The van der Waals surface area contributed by atoms with Crippen molar-refractivity contribution in [2.24, 2.45) is 0 Å². The molecule has 1 atom stereocenters. The summed E-state index contributed by atoms with van der Waals surface area (Å²) in [5.41, 5.74) is 2.71. The zero-order valence-electron chi connectivity index (χ0n) is 15.5. The average molecular weight is 343 g/mol. The van der Waals surface area contributed by atoms with E-state index >= 15 is 0 Å². The Morgan fingerprint density at radius 3 is 2.44 bits per heavy atom. The molecule has 0 aromatic heterocycles. The third-order valence-corrected chi connectivity index (χ3v) is 5.17. The first-order valence-corrected chi connectivity index (χ1v) is 9.29. The smallest absolute Gasteiger partial charge is 0.245 e. The van der Waals surface area contributed by atoms with Gasteiger partial charge in [0.15, 0.2) is 0 Å². The summed E-state index contributed by atoms with van der Waals surface area (Å²) in [6, 6.07) is 8.23. The van der Waals surface area contributed by atoms with Gasteiger partial charge in [-0.15, -0.1) is 0 Å². The molecule has 2 saturated heterocycles. The van der Waals surface area contributed by atoms with E-state index in [1.165, 1.54) is 11.3 Å². The van der Waals surface area contributed by atoms with Crippen LogP contribution in [-0.4, -0.2) is 48.9 Å². The molecule has 0 aliphatic carbocycles. The number of carbonyl (C=O) groups is 2. The van der Waals surface area contributed by atoms with Gasteiger partial charge in [-0.25, -0.2) is 0 Å². The van der Waals surface area contributed by atoms with Crippen molar-refractivity contribution in [3.63, 3.8) is 0 Å². The normalized spacial score (nSPS) is 21.9. The zero-order valence-corrected chi connectivity index (χ0v) is 15.5. The van der Waals surface area contributed by atoms with Crippen molar-refractivity contribution in [1.82, 2.24) is 10.2 Å². The monoisotopic (exact) mass is 343 g/mol. The summed E-state index contributed by atoms with van der Waals surface area (Å²) in [5, 5.41) is 2.84. The van der Waals surface area contributed by atoms with E-state index < -0.39 is 0 Å². The second-order valence-electron chi connectivity index (χ2n) is 8.09. The van der Waals surface area contributed by atoms with Gasteiger partial charge in [-0.1, -0.05) is 39.0 Å². The molecular formula is C20H29N3O2. The fraction of sp³-hybridized carbons (Fsp3) is 0.600. The summed E-state index contributed by atoms with van der Waals surface area (Å²) >= 11 is 0. The Kier molecular flexibility index (Phi) is 5.02. The molecule has 1 N–H and O–H groups in total. The van der Waals surface area contributed by atoms with Gasteiger partial charge in [-0.3, -0.25) is 9.59 Å². The number of piperidine rings is 1. The SMILES string of the molecule is CC(C)(C)c1ccccc1N1CCN(C(=O)C2CCCC(=O)N2)CC1. The van der Waals surface area contributed by atoms with Gasteiger partial charge in [-0.05, 0) is 29.9 Å². The second kappa shape index (κ2) is 7.06. The number of piperazine rings is 1.